The molecule has 0 fully saturated rings. The predicted molar refractivity (Wildman–Crippen MR) is 79.5 cm³/mol. The van der Waals surface area contributed by atoms with Crippen molar-refractivity contribution >= 4 is 9.84 Å². The molecule has 1 aliphatic heterocycles. The summed E-state index contributed by atoms with van der Waals surface area (Å²) in [6.45, 7) is 5.81. The predicted octanol–water partition coefficient (Wildman–Crippen LogP) is 2.17. The molecule has 0 radical (unpaired) electrons. The van der Waals surface area contributed by atoms with Crippen LogP contribution in [0, 0.1) is 5.41 Å². The van der Waals surface area contributed by atoms with Crippen LogP contribution in [-0.2, 0) is 14.6 Å². The van der Waals surface area contributed by atoms with E-state index in [0.29, 0.717) is 11.5 Å². The Balaban J connectivity index is 2.06. The van der Waals surface area contributed by atoms with Gasteiger partial charge in [-0.25, -0.2) is 8.42 Å². The van der Waals surface area contributed by atoms with Crippen LogP contribution in [0.5, 0.6) is 0 Å². The first-order chi connectivity index (χ1) is 9.36. The zero-order valence-electron chi connectivity index (χ0n) is 12.3. The Kier molecular flexibility index (Phi) is 4.52. The minimum Gasteiger partial charge on any atom is -0.385 e. The Morgan fingerprint density at radius 2 is 2.05 bits per heavy atom. The largest absolute Gasteiger partial charge is 0.385 e. The van der Waals surface area contributed by atoms with Gasteiger partial charge in [0.05, 0.1) is 10.6 Å². The molecule has 0 aliphatic carbocycles. The monoisotopic (exact) mass is 297 g/mol. The summed E-state index contributed by atoms with van der Waals surface area (Å²) in [7, 11) is -1.43. The number of methoxy groups -OCH3 is 1. The summed E-state index contributed by atoms with van der Waals surface area (Å²) in [6.07, 6.45) is 0.942. The maximum atomic E-state index is 12.1. The van der Waals surface area contributed by atoms with Crippen molar-refractivity contribution < 1.29 is 13.2 Å². The van der Waals surface area contributed by atoms with Crippen molar-refractivity contribution in [3.05, 3.63) is 29.8 Å². The Labute approximate surface area is 121 Å². The lowest BCUT2D eigenvalue weighted by molar-refractivity contribution is 0.149. The molecule has 5 heteroatoms. The molecule has 1 atom stereocenters. The molecule has 112 valence electrons. The number of fused-ring (bicyclic) bond motifs is 1. The van der Waals surface area contributed by atoms with E-state index in [1.54, 1.807) is 19.2 Å². The summed E-state index contributed by atoms with van der Waals surface area (Å²) in [5, 5.41) is 3.41. The first-order valence-corrected chi connectivity index (χ1v) is 8.55. The van der Waals surface area contributed by atoms with Crippen LogP contribution in [0.1, 0.15) is 31.9 Å². The van der Waals surface area contributed by atoms with E-state index >= 15 is 0 Å². The van der Waals surface area contributed by atoms with Crippen LogP contribution in [0.4, 0.5) is 0 Å². The first-order valence-electron chi connectivity index (χ1n) is 6.90. The average Bonchev–Trinajstić information content (AvgIpc) is 2.67. The molecule has 0 bridgehead atoms. The number of hydrogen-bond donors (Lipinski definition) is 1. The molecular weight excluding hydrogens is 274 g/mol. The topological polar surface area (TPSA) is 55.4 Å². The van der Waals surface area contributed by atoms with Gasteiger partial charge in [-0.1, -0.05) is 32.0 Å². The van der Waals surface area contributed by atoms with Crippen molar-refractivity contribution in [1.82, 2.24) is 5.32 Å². The van der Waals surface area contributed by atoms with Gasteiger partial charge < -0.3 is 10.1 Å². The second-order valence-electron chi connectivity index (χ2n) is 6.16. The molecule has 20 heavy (non-hydrogen) atoms. The highest BCUT2D eigenvalue weighted by molar-refractivity contribution is 7.91. The van der Waals surface area contributed by atoms with Crippen molar-refractivity contribution in [2.24, 2.45) is 5.41 Å². The lowest BCUT2D eigenvalue weighted by atomic mass is 9.89. The van der Waals surface area contributed by atoms with Gasteiger partial charge in [-0.2, -0.15) is 0 Å². The van der Waals surface area contributed by atoms with Gasteiger partial charge in [-0.3, -0.25) is 0 Å². The molecule has 1 aromatic rings. The Morgan fingerprint density at radius 1 is 1.35 bits per heavy atom. The summed E-state index contributed by atoms with van der Waals surface area (Å²) >= 11 is 0. The Hall–Kier alpha value is -0.910. The van der Waals surface area contributed by atoms with E-state index in [1.165, 1.54) is 0 Å². The van der Waals surface area contributed by atoms with Gasteiger partial charge in [-0.05, 0) is 23.5 Å². The molecular formula is C15H23NO3S. The van der Waals surface area contributed by atoms with Crippen LogP contribution >= 0.6 is 0 Å². The van der Waals surface area contributed by atoms with Gasteiger partial charge in [0.15, 0.2) is 9.84 Å². The molecule has 1 aliphatic rings. The Morgan fingerprint density at radius 3 is 2.75 bits per heavy atom. The maximum absolute atomic E-state index is 12.1. The van der Waals surface area contributed by atoms with Gasteiger partial charge in [0, 0.05) is 26.3 Å². The van der Waals surface area contributed by atoms with Gasteiger partial charge in [-0.15, -0.1) is 0 Å². The van der Waals surface area contributed by atoms with Crippen LogP contribution in [-0.4, -0.2) is 34.4 Å². The summed E-state index contributed by atoms with van der Waals surface area (Å²) in [5.41, 5.74) is 0.979. The molecule has 0 spiro atoms. The number of rotatable bonds is 6. The van der Waals surface area contributed by atoms with Crippen LogP contribution in [0.3, 0.4) is 0 Å². The molecule has 1 unspecified atom stereocenters. The molecule has 0 aromatic heterocycles. The highest BCUT2D eigenvalue weighted by Gasteiger charge is 2.34. The average molecular weight is 297 g/mol. The maximum Gasteiger partial charge on any atom is 0.180 e. The SMILES string of the molecule is COCCC(C)(C)CNC1CS(=O)(=O)c2ccccc21. The summed E-state index contributed by atoms with van der Waals surface area (Å²) in [6, 6.07) is 7.17. The van der Waals surface area contributed by atoms with E-state index in [2.05, 4.69) is 19.2 Å². The highest BCUT2D eigenvalue weighted by atomic mass is 32.2. The van der Waals surface area contributed by atoms with Gasteiger partial charge >= 0.3 is 0 Å². The summed E-state index contributed by atoms with van der Waals surface area (Å²) in [5.74, 6) is 0.159. The third-order valence-corrected chi connectivity index (χ3v) is 5.64. The lowest BCUT2D eigenvalue weighted by Crippen LogP contribution is -2.33. The smallest absolute Gasteiger partial charge is 0.180 e. The van der Waals surface area contributed by atoms with Crippen LogP contribution in [0.2, 0.25) is 0 Å². The van der Waals surface area contributed by atoms with Crippen molar-refractivity contribution in [3.8, 4) is 0 Å². The fourth-order valence-corrected chi connectivity index (χ4v) is 4.26. The third-order valence-electron chi connectivity index (χ3n) is 3.83. The van der Waals surface area contributed by atoms with E-state index in [-0.39, 0.29) is 17.2 Å². The minimum absolute atomic E-state index is 0.0807. The van der Waals surface area contributed by atoms with Crippen molar-refractivity contribution in [2.75, 3.05) is 26.0 Å². The number of ether oxygens (including phenoxy) is 1. The zero-order chi connectivity index (χ0) is 14.8. The van der Waals surface area contributed by atoms with Crippen LogP contribution in [0.15, 0.2) is 29.2 Å². The number of sulfone groups is 1. The second-order valence-corrected chi connectivity index (χ2v) is 8.16. The summed E-state index contributed by atoms with van der Waals surface area (Å²) in [4.78, 5) is 0.479. The van der Waals surface area contributed by atoms with E-state index in [4.69, 9.17) is 4.74 Å². The molecule has 0 saturated carbocycles. The van der Waals surface area contributed by atoms with E-state index in [0.717, 1.165) is 18.5 Å². The lowest BCUT2D eigenvalue weighted by Gasteiger charge is -2.26. The van der Waals surface area contributed by atoms with Crippen molar-refractivity contribution in [3.63, 3.8) is 0 Å². The van der Waals surface area contributed by atoms with Crippen LogP contribution in [0.25, 0.3) is 0 Å². The van der Waals surface area contributed by atoms with Crippen molar-refractivity contribution in [2.45, 2.75) is 31.2 Å². The zero-order valence-corrected chi connectivity index (χ0v) is 13.2. The standard InChI is InChI=1S/C15H23NO3S/c1-15(2,8-9-19-3)11-16-13-10-20(17,18)14-7-5-4-6-12(13)14/h4-7,13,16H,8-11H2,1-3H3. The fourth-order valence-electron chi connectivity index (χ4n) is 2.49. The molecule has 0 saturated heterocycles. The fraction of sp³-hybridized carbons (Fsp3) is 0.600. The molecule has 1 heterocycles. The molecule has 1 aromatic carbocycles. The molecule has 0 amide bonds. The van der Waals surface area contributed by atoms with E-state index < -0.39 is 9.84 Å². The number of benzene rings is 1. The van der Waals surface area contributed by atoms with Gasteiger partial charge in [0.2, 0.25) is 0 Å². The minimum atomic E-state index is -3.13. The van der Waals surface area contributed by atoms with Gasteiger partial charge in [0.1, 0.15) is 0 Å². The number of nitrogens with one attached hydrogen (secondary N) is 1. The number of hydrogen-bond acceptors (Lipinski definition) is 4. The second kappa shape index (κ2) is 5.84. The molecule has 4 nitrogen and oxygen atoms in total. The third kappa shape index (κ3) is 3.40. The normalized spacial score (nSPS) is 20.9. The molecule has 2 rings (SSSR count). The highest BCUT2D eigenvalue weighted by Crippen LogP contribution is 2.33. The van der Waals surface area contributed by atoms with Gasteiger partial charge in [0.25, 0.3) is 0 Å². The van der Waals surface area contributed by atoms with Crippen molar-refractivity contribution in [1.29, 1.82) is 0 Å². The molecule has 1 N–H and O–H groups in total. The van der Waals surface area contributed by atoms with E-state index in [1.807, 2.05) is 12.1 Å². The van der Waals surface area contributed by atoms with E-state index in [9.17, 15) is 8.42 Å². The first kappa shape index (κ1) is 15.5. The quantitative estimate of drug-likeness (QED) is 0.874. The Bertz CT molecular complexity index is 566. The summed E-state index contributed by atoms with van der Waals surface area (Å²) < 4.78 is 29.3. The van der Waals surface area contributed by atoms with Crippen LogP contribution < -0.4 is 5.32 Å².